The summed E-state index contributed by atoms with van der Waals surface area (Å²) in [4.78, 5) is 4.50. The molecule has 8 nitrogen and oxygen atoms in total. The van der Waals surface area contributed by atoms with Crippen molar-refractivity contribution in [2.75, 3.05) is 23.7 Å². The fraction of sp³-hybridized carbons (Fsp3) is 0.286. The molecule has 3 aromatic rings. The van der Waals surface area contributed by atoms with Gasteiger partial charge in [0.05, 0.1) is 4.90 Å². The van der Waals surface area contributed by atoms with Gasteiger partial charge < -0.3 is 10.6 Å². The van der Waals surface area contributed by atoms with Gasteiger partial charge in [0.1, 0.15) is 11.6 Å². The summed E-state index contributed by atoms with van der Waals surface area (Å²) < 4.78 is 27.8. The number of nitrogens with one attached hydrogen (secondary N) is 3. The van der Waals surface area contributed by atoms with Gasteiger partial charge in [0, 0.05) is 19.3 Å². The average Bonchev–Trinajstić information content (AvgIpc) is 2.78. The number of pyridine rings is 1. The Labute approximate surface area is 176 Å². The molecule has 0 radical (unpaired) electrons. The number of aromatic nitrogens is 3. The molecule has 1 aromatic carbocycles. The lowest BCUT2D eigenvalue weighted by Gasteiger charge is -2.16. The van der Waals surface area contributed by atoms with E-state index in [1.54, 1.807) is 24.4 Å². The first kappa shape index (κ1) is 20.2. The number of nitrogens with zero attached hydrogens (tertiary/aromatic N) is 3. The smallest absolute Gasteiger partial charge is 0.240 e. The Kier molecular flexibility index (Phi) is 6.20. The third kappa shape index (κ3) is 5.11. The second-order valence-electron chi connectivity index (χ2n) is 7.11. The van der Waals surface area contributed by atoms with Crippen LogP contribution in [0.4, 0.5) is 17.5 Å². The van der Waals surface area contributed by atoms with Gasteiger partial charge in [0.15, 0.2) is 5.82 Å². The molecule has 9 heteroatoms. The van der Waals surface area contributed by atoms with Gasteiger partial charge >= 0.3 is 0 Å². The number of fused-ring (bicyclic) bond motifs is 1. The maximum absolute atomic E-state index is 12.6. The van der Waals surface area contributed by atoms with E-state index in [2.05, 4.69) is 30.5 Å². The Hall–Kier alpha value is -3.04. The number of aryl methyl sites for hydroxylation is 2. The van der Waals surface area contributed by atoms with Crippen molar-refractivity contribution in [1.29, 1.82) is 0 Å². The monoisotopic (exact) mass is 424 g/mol. The molecule has 30 heavy (non-hydrogen) atoms. The molecule has 3 N–H and O–H groups in total. The third-order valence-electron chi connectivity index (χ3n) is 4.94. The summed E-state index contributed by atoms with van der Waals surface area (Å²) in [7, 11) is -3.53. The largest absolute Gasteiger partial charge is 0.367 e. The van der Waals surface area contributed by atoms with Crippen LogP contribution in [0.5, 0.6) is 0 Å². The Balaban J connectivity index is 1.27. The highest BCUT2D eigenvalue weighted by atomic mass is 32.2. The molecular weight excluding hydrogens is 400 g/mol. The van der Waals surface area contributed by atoms with Crippen molar-refractivity contribution in [3.05, 3.63) is 65.9 Å². The van der Waals surface area contributed by atoms with Crippen molar-refractivity contribution < 1.29 is 8.42 Å². The standard InChI is InChI=1S/C21H24N6O2S/c28-30(29,18-9-8-16-5-1-2-6-17(16)15-18)24-14-13-23-20-10-11-21(27-26-20)25-19-7-3-4-12-22-19/h3-4,7-12,15,24H,1-2,5-6,13-14H2,(H,23,26)(H,22,25,27). The average molecular weight is 425 g/mol. The molecule has 1 aliphatic rings. The van der Waals surface area contributed by atoms with Gasteiger partial charge in [0.2, 0.25) is 10.0 Å². The molecule has 4 rings (SSSR count). The van der Waals surface area contributed by atoms with Gasteiger partial charge in [0.25, 0.3) is 0 Å². The van der Waals surface area contributed by atoms with Crippen LogP contribution in [0.3, 0.4) is 0 Å². The van der Waals surface area contributed by atoms with E-state index in [1.165, 1.54) is 12.0 Å². The van der Waals surface area contributed by atoms with E-state index in [1.807, 2.05) is 30.3 Å². The zero-order valence-electron chi connectivity index (χ0n) is 16.5. The fourth-order valence-corrected chi connectivity index (χ4v) is 4.48. The van der Waals surface area contributed by atoms with Crippen LogP contribution in [0, 0.1) is 0 Å². The van der Waals surface area contributed by atoms with E-state index < -0.39 is 10.0 Å². The predicted octanol–water partition coefficient (Wildman–Crippen LogP) is 2.88. The van der Waals surface area contributed by atoms with Gasteiger partial charge in [-0.25, -0.2) is 18.1 Å². The van der Waals surface area contributed by atoms with Crippen LogP contribution in [-0.4, -0.2) is 36.7 Å². The van der Waals surface area contributed by atoms with Crippen LogP contribution in [0.15, 0.2) is 59.6 Å². The molecule has 156 valence electrons. The highest BCUT2D eigenvalue weighted by Gasteiger charge is 2.17. The van der Waals surface area contributed by atoms with Gasteiger partial charge in [-0.05, 0) is 73.2 Å². The Morgan fingerprint density at radius 1 is 0.833 bits per heavy atom. The zero-order chi connectivity index (χ0) is 20.8. The van der Waals surface area contributed by atoms with Gasteiger partial charge in [-0.1, -0.05) is 12.1 Å². The van der Waals surface area contributed by atoms with Crippen LogP contribution < -0.4 is 15.4 Å². The van der Waals surface area contributed by atoms with Crippen LogP contribution in [-0.2, 0) is 22.9 Å². The van der Waals surface area contributed by atoms with E-state index in [-0.39, 0.29) is 6.54 Å². The molecule has 0 fully saturated rings. The van der Waals surface area contributed by atoms with Gasteiger partial charge in [-0.2, -0.15) is 0 Å². The van der Waals surface area contributed by atoms with E-state index in [9.17, 15) is 8.42 Å². The highest BCUT2D eigenvalue weighted by Crippen LogP contribution is 2.24. The molecular formula is C21H24N6O2S. The van der Waals surface area contributed by atoms with Crippen LogP contribution in [0.25, 0.3) is 0 Å². The van der Waals surface area contributed by atoms with Crippen LogP contribution in [0.2, 0.25) is 0 Å². The lowest BCUT2D eigenvalue weighted by Crippen LogP contribution is -2.29. The van der Waals surface area contributed by atoms with Crippen molar-refractivity contribution in [1.82, 2.24) is 19.9 Å². The Morgan fingerprint density at radius 2 is 1.63 bits per heavy atom. The van der Waals surface area contributed by atoms with E-state index >= 15 is 0 Å². The Bertz CT molecular complexity index is 1090. The number of anilines is 3. The van der Waals surface area contributed by atoms with E-state index in [0.717, 1.165) is 24.8 Å². The molecule has 0 aliphatic heterocycles. The quantitative estimate of drug-likeness (QED) is 0.477. The SMILES string of the molecule is O=S(=O)(NCCNc1ccc(Nc2ccccn2)nn1)c1ccc2c(c1)CCCC2. The molecule has 0 atom stereocenters. The van der Waals surface area contributed by atoms with Gasteiger partial charge in [-0.3, -0.25) is 0 Å². The molecule has 1 aliphatic carbocycles. The number of hydrogen-bond acceptors (Lipinski definition) is 7. The first-order chi connectivity index (χ1) is 14.6. The summed E-state index contributed by atoms with van der Waals surface area (Å²) in [5.74, 6) is 1.83. The third-order valence-corrected chi connectivity index (χ3v) is 6.40. The maximum Gasteiger partial charge on any atom is 0.240 e. The number of sulfonamides is 1. The summed E-state index contributed by atoms with van der Waals surface area (Å²) in [6.45, 7) is 0.640. The van der Waals surface area contributed by atoms with Crippen molar-refractivity contribution in [3.8, 4) is 0 Å². The molecule has 0 saturated heterocycles. The molecule has 0 saturated carbocycles. The van der Waals surface area contributed by atoms with E-state index in [0.29, 0.717) is 28.9 Å². The second kappa shape index (κ2) is 9.19. The van der Waals surface area contributed by atoms with E-state index in [4.69, 9.17) is 0 Å². The second-order valence-corrected chi connectivity index (χ2v) is 8.87. The summed E-state index contributed by atoms with van der Waals surface area (Å²) in [5, 5.41) is 14.3. The number of rotatable bonds is 8. The summed E-state index contributed by atoms with van der Waals surface area (Å²) in [6, 6.07) is 14.5. The van der Waals surface area contributed by atoms with Crippen LogP contribution in [0.1, 0.15) is 24.0 Å². The van der Waals surface area contributed by atoms with Gasteiger partial charge in [-0.15, -0.1) is 10.2 Å². The molecule has 0 amide bonds. The summed E-state index contributed by atoms with van der Waals surface area (Å²) >= 11 is 0. The molecule has 2 aromatic heterocycles. The minimum absolute atomic E-state index is 0.245. The fourth-order valence-electron chi connectivity index (χ4n) is 3.40. The minimum Gasteiger partial charge on any atom is -0.367 e. The van der Waals surface area contributed by atoms with Crippen LogP contribution >= 0.6 is 0 Å². The predicted molar refractivity (Wildman–Crippen MR) is 116 cm³/mol. The molecule has 0 spiro atoms. The first-order valence-corrected chi connectivity index (χ1v) is 11.5. The van der Waals surface area contributed by atoms with Crippen molar-refractivity contribution >= 4 is 27.5 Å². The molecule has 2 heterocycles. The lowest BCUT2D eigenvalue weighted by molar-refractivity contribution is 0.582. The molecule has 0 unspecified atom stereocenters. The summed E-state index contributed by atoms with van der Waals surface area (Å²) in [6.07, 6.45) is 5.96. The zero-order valence-corrected chi connectivity index (χ0v) is 17.3. The highest BCUT2D eigenvalue weighted by molar-refractivity contribution is 7.89. The maximum atomic E-state index is 12.6. The molecule has 0 bridgehead atoms. The number of benzene rings is 1. The van der Waals surface area contributed by atoms with Crippen molar-refractivity contribution in [2.24, 2.45) is 0 Å². The topological polar surface area (TPSA) is 109 Å². The summed E-state index contributed by atoms with van der Waals surface area (Å²) in [5.41, 5.74) is 2.42. The Morgan fingerprint density at radius 3 is 2.40 bits per heavy atom. The lowest BCUT2D eigenvalue weighted by atomic mass is 9.92. The van der Waals surface area contributed by atoms with Crippen molar-refractivity contribution in [2.45, 2.75) is 30.6 Å². The normalized spacial score (nSPS) is 13.5. The number of hydrogen-bond donors (Lipinski definition) is 3. The first-order valence-electron chi connectivity index (χ1n) is 9.97. The minimum atomic E-state index is -3.53. The van der Waals surface area contributed by atoms with Crippen molar-refractivity contribution in [3.63, 3.8) is 0 Å².